The van der Waals surface area contributed by atoms with Gasteiger partial charge in [-0.1, -0.05) is 18.2 Å². The molecule has 3 N–H and O–H groups in total. The maximum absolute atomic E-state index is 12.1. The van der Waals surface area contributed by atoms with Gasteiger partial charge in [-0.15, -0.1) is 0 Å². The van der Waals surface area contributed by atoms with Crippen LogP contribution in [0.25, 0.3) is 0 Å². The molecule has 0 fully saturated rings. The van der Waals surface area contributed by atoms with Crippen LogP contribution in [-0.2, 0) is 14.3 Å². The third-order valence-corrected chi connectivity index (χ3v) is 3.65. The quantitative estimate of drug-likeness (QED) is 0.521. The zero-order chi connectivity index (χ0) is 19.6. The van der Waals surface area contributed by atoms with Crippen molar-refractivity contribution in [1.82, 2.24) is 0 Å². The predicted molar refractivity (Wildman–Crippen MR) is 100 cm³/mol. The Hall–Kier alpha value is -3.35. The van der Waals surface area contributed by atoms with Gasteiger partial charge in [-0.05, 0) is 49.7 Å². The first-order valence-corrected chi connectivity index (χ1v) is 8.54. The average Bonchev–Trinajstić information content (AvgIpc) is 2.66. The number of carbonyl (C=O) groups is 3. The van der Waals surface area contributed by atoms with Crippen molar-refractivity contribution in [3.63, 3.8) is 0 Å². The van der Waals surface area contributed by atoms with E-state index in [2.05, 4.69) is 5.32 Å². The molecule has 0 spiro atoms. The highest BCUT2D eigenvalue weighted by Gasteiger charge is 2.17. The Morgan fingerprint density at radius 3 is 2.33 bits per heavy atom. The summed E-state index contributed by atoms with van der Waals surface area (Å²) in [6.07, 6.45) is -0.308. The highest BCUT2D eigenvalue weighted by molar-refractivity contribution is 5.96. The van der Waals surface area contributed by atoms with Crippen molar-refractivity contribution in [2.24, 2.45) is 5.73 Å². The third-order valence-electron chi connectivity index (χ3n) is 3.65. The zero-order valence-corrected chi connectivity index (χ0v) is 15.0. The predicted octanol–water partition coefficient (Wildman–Crippen LogP) is 2.51. The molecular formula is C20H22N2O5. The summed E-state index contributed by atoms with van der Waals surface area (Å²) >= 11 is 0. The molecule has 0 radical (unpaired) electrons. The van der Waals surface area contributed by atoms with Crippen LogP contribution in [0.1, 0.15) is 30.1 Å². The lowest BCUT2D eigenvalue weighted by atomic mass is 10.2. The van der Waals surface area contributed by atoms with Crippen LogP contribution in [0.4, 0.5) is 5.69 Å². The molecule has 142 valence electrons. The first-order valence-electron chi connectivity index (χ1n) is 8.54. The summed E-state index contributed by atoms with van der Waals surface area (Å²) in [5, 5.41) is 2.61. The molecule has 7 heteroatoms. The van der Waals surface area contributed by atoms with Crippen LogP contribution in [0.2, 0.25) is 0 Å². The molecule has 0 aliphatic carbocycles. The summed E-state index contributed by atoms with van der Waals surface area (Å²) in [7, 11) is 0. The molecule has 0 saturated carbocycles. The molecule has 2 aromatic carbocycles. The van der Waals surface area contributed by atoms with Gasteiger partial charge in [0, 0.05) is 17.7 Å². The number of benzene rings is 2. The number of nitrogens with one attached hydrogen (secondary N) is 1. The minimum absolute atomic E-state index is 0.151. The molecule has 27 heavy (non-hydrogen) atoms. The topological polar surface area (TPSA) is 108 Å². The summed E-state index contributed by atoms with van der Waals surface area (Å²) in [6, 6.07) is 15.4. The molecule has 0 aliphatic heterocycles. The second-order valence-electron chi connectivity index (χ2n) is 5.83. The van der Waals surface area contributed by atoms with Gasteiger partial charge in [-0.25, -0.2) is 0 Å². The van der Waals surface area contributed by atoms with Gasteiger partial charge in [-0.2, -0.15) is 0 Å². The number of anilines is 1. The van der Waals surface area contributed by atoms with E-state index < -0.39 is 23.9 Å². The number of amides is 2. The number of nitrogens with two attached hydrogens (primary N) is 1. The lowest BCUT2D eigenvalue weighted by Gasteiger charge is -2.14. The van der Waals surface area contributed by atoms with Crippen molar-refractivity contribution < 1.29 is 23.9 Å². The van der Waals surface area contributed by atoms with Crippen molar-refractivity contribution in [3.8, 4) is 5.75 Å². The lowest BCUT2D eigenvalue weighted by molar-refractivity contribution is -0.153. The van der Waals surface area contributed by atoms with Gasteiger partial charge in [-0.3, -0.25) is 14.4 Å². The van der Waals surface area contributed by atoms with E-state index in [-0.39, 0.29) is 6.42 Å². The number of esters is 1. The molecule has 0 unspecified atom stereocenters. The Bertz CT molecular complexity index is 775. The first-order chi connectivity index (χ1) is 13.0. The van der Waals surface area contributed by atoms with Gasteiger partial charge < -0.3 is 20.5 Å². The molecule has 2 amide bonds. The van der Waals surface area contributed by atoms with E-state index >= 15 is 0 Å². The molecule has 0 aliphatic rings. The molecule has 0 aromatic heterocycles. The fourth-order valence-corrected chi connectivity index (χ4v) is 2.19. The highest BCUT2D eigenvalue weighted by Crippen LogP contribution is 2.11. The average molecular weight is 370 g/mol. The van der Waals surface area contributed by atoms with Gasteiger partial charge >= 0.3 is 5.97 Å². The highest BCUT2D eigenvalue weighted by atomic mass is 16.5. The summed E-state index contributed by atoms with van der Waals surface area (Å²) in [5.41, 5.74) is 5.97. The third kappa shape index (κ3) is 6.81. The van der Waals surface area contributed by atoms with Crippen LogP contribution in [0.3, 0.4) is 0 Å². The maximum Gasteiger partial charge on any atom is 0.306 e. The number of carbonyl (C=O) groups excluding carboxylic acids is 3. The lowest BCUT2D eigenvalue weighted by Crippen LogP contribution is -2.30. The van der Waals surface area contributed by atoms with Crippen LogP contribution in [0.5, 0.6) is 5.75 Å². The van der Waals surface area contributed by atoms with Crippen molar-refractivity contribution in [3.05, 3.63) is 60.2 Å². The molecule has 0 heterocycles. The monoisotopic (exact) mass is 370 g/mol. The standard InChI is InChI=1S/C20H22N2O5/c1-14(20(25)22-16-11-9-15(10-12-16)19(21)24)27-18(23)8-5-13-26-17-6-3-2-4-7-17/h2-4,6-7,9-12,14H,5,8,13H2,1H3,(H2,21,24)(H,22,25)/t14-/m1/s1. The summed E-state index contributed by atoms with van der Waals surface area (Å²) in [4.78, 5) is 34.9. The SMILES string of the molecule is C[C@@H](OC(=O)CCCOc1ccccc1)C(=O)Nc1ccc(C(N)=O)cc1. The Morgan fingerprint density at radius 2 is 1.70 bits per heavy atom. The van der Waals surface area contributed by atoms with E-state index in [9.17, 15) is 14.4 Å². The molecule has 1 atom stereocenters. The van der Waals surface area contributed by atoms with E-state index in [0.29, 0.717) is 24.3 Å². The summed E-state index contributed by atoms with van der Waals surface area (Å²) in [5.74, 6) is -0.749. The normalized spacial score (nSPS) is 11.3. The van der Waals surface area contributed by atoms with E-state index in [0.717, 1.165) is 5.75 Å². The van der Waals surface area contributed by atoms with Crippen LogP contribution in [0, 0.1) is 0 Å². The van der Waals surface area contributed by atoms with Crippen molar-refractivity contribution >= 4 is 23.5 Å². The summed E-state index contributed by atoms with van der Waals surface area (Å²) < 4.78 is 10.6. The maximum atomic E-state index is 12.1. The van der Waals surface area contributed by atoms with E-state index in [1.165, 1.54) is 19.1 Å². The van der Waals surface area contributed by atoms with Crippen LogP contribution < -0.4 is 15.8 Å². The number of hydrogen-bond acceptors (Lipinski definition) is 5. The molecular weight excluding hydrogens is 348 g/mol. The zero-order valence-electron chi connectivity index (χ0n) is 15.0. The van der Waals surface area contributed by atoms with Gasteiger partial charge in [0.25, 0.3) is 5.91 Å². The van der Waals surface area contributed by atoms with Gasteiger partial charge in [0.1, 0.15) is 5.75 Å². The van der Waals surface area contributed by atoms with Crippen molar-refractivity contribution in [1.29, 1.82) is 0 Å². The molecule has 2 aromatic rings. The number of rotatable bonds is 9. The molecule has 2 rings (SSSR count). The molecule has 0 bridgehead atoms. The van der Waals surface area contributed by atoms with Gasteiger partial charge in [0.15, 0.2) is 6.10 Å². The second kappa shape index (κ2) is 9.96. The largest absolute Gasteiger partial charge is 0.494 e. The van der Waals surface area contributed by atoms with E-state index in [4.69, 9.17) is 15.2 Å². The molecule has 7 nitrogen and oxygen atoms in total. The Labute approximate surface area is 157 Å². The van der Waals surface area contributed by atoms with Crippen molar-refractivity contribution in [2.45, 2.75) is 25.9 Å². The number of hydrogen-bond donors (Lipinski definition) is 2. The number of para-hydroxylation sites is 1. The van der Waals surface area contributed by atoms with E-state index in [1.54, 1.807) is 12.1 Å². The fourth-order valence-electron chi connectivity index (χ4n) is 2.19. The molecule has 0 saturated heterocycles. The second-order valence-corrected chi connectivity index (χ2v) is 5.83. The van der Waals surface area contributed by atoms with Crippen molar-refractivity contribution in [2.75, 3.05) is 11.9 Å². The number of ether oxygens (including phenoxy) is 2. The Balaban J connectivity index is 1.69. The van der Waals surface area contributed by atoms with Crippen LogP contribution in [0.15, 0.2) is 54.6 Å². The first kappa shape index (κ1) is 20.0. The van der Waals surface area contributed by atoms with Gasteiger partial charge in [0.05, 0.1) is 6.61 Å². The smallest absolute Gasteiger partial charge is 0.306 e. The van der Waals surface area contributed by atoms with Crippen LogP contribution in [-0.4, -0.2) is 30.5 Å². The Kier molecular flexibility index (Phi) is 7.37. The fraction of sp³-hybridized carbons (Fsp3) is 0.250. The van der Waals surface area contributed by atoms with Crippen LogP contribution >= 0.6 is 0 Å². The van der Waals surface area contributed by atoms with E-state index in [1.807, 2.05) is 30.3 Å². The minimum atomic E-state index is -0.941. The summed E-state index contributed by atoms with van der Waals surface area (Å²) in [6.45, 7) is 1.87. The number of primary amides is 1. The Morgan fingerprint density at radius 1 is 1.04 bits per heavy atom. The minimum Gasteiger partial charge on any atom is -0.494 e. The van der Waals surface area contributed by atoms with Gasteiger partial charge in [0.2, 0.25) is 5.91 Å².